The van der Waals surface area contributed by atoms with Gasteiger partial charge in [0.1, 0.15) is 0 Å². The summed E-state index contributed by atoms with van der Waals surface area (Å²) in [5, 5.41) is 8.43. The van der Waals surface area contributed by atoms with E-state index in [1.54, 1.807) is 0 Å². The minimum absolute atomic E-state index is 0.323. The van der Waals surface area contributed by atoms with Crippen molar-refractivity contribution < 1.29 is 9.90 Å². The number of carboxylic acids is 1. The van der Waals surface area contributed by atoms with Gasteiger partial charge < -0.3 is 10.0 Å². The van der Waals surface area contributed by atoms with E-state index in [-0.39, 0.29) is 0 Å². The van der Waals surface area contributed by atoms with Crippen LogP contribution in [-0.2, 0) is 4.79 Å². The number of rotatable bonds is 5. The highest BCUT2D eigenvalue weighted by Crippen LogP contribution is 2.15. The maximum absolute atomic E-state index is 10.2. The van der Waals surface area contributed by atoms with E-state index in [9.17, 15) is 4.79 Å². The monoisotopic (exact) mass is 185 g/mol. The van der Waals surface area contributed by atoms with Gasteiger partial charge in [-0.1, -0.05) is 6.92 Å². The van der Waals surface area contributed by atoms with E-state index >= 15 is 0 Å². The quantitative estimate of drug-likeness (QED) is 0.661. The van der Waals surface area contributed by atoms with Crippen LogP contribution in [0.5, 0.6) is 0 Å². The molecule has 1 heterocycles. The molecule has 0 aliphatic carbocycles. The van der Waals surface area contributed by atoms with Gasteiger partial charge >= 0.3 is 5.97 Å². The lowest BCUT2D eigenvalue weighted by molar-refractivity contribution is -0.137. The Morgan fingerprint density at radius 3 is 2.85 bits per heavy atom. The van der Waals surface area contributed by atoms with Crippen molar-refractivity contribution >= 4 is 5.97 Å². The molecule has 1 aliphatic rings. The van der Waals surface area contributed by atoms with Crippen LogP contribution in [0.3, 0.4) is 0 Å². The fraction of sp³-hybridized carbons (Fsp3) is 0.900. The molecule has 0 aromatic heterocycles. The van der Waals surface area contributed by atoms with Crippen molar-refractivity contribution in [2.45, 2.75) is 32.6 Å². The summed E-state index contributed by atoms with van der Waals surface area (Å²) in [5.41, 5.74) is 0. The third kappa shape index (κ3) is 4.27. The van der Waals surface area contributed by atoms with Gasteiger partial charge in [0.25, 0.3) is 0 Å². The van der Waals surface area contributed by atoms with Crippen LogP contribution < -0.4 is 0 Å². The van der Waals surface area contributed by atoms with Gasteiger partial charge in [-0.2, -0.15) is 0 Å². The fourth-order valence-corrected chi connectivity index (χ4v) is 1.84. The summed E-state index contributed by atoms with van der Waals surface area (Å²) >= 11 is 0. The lowest BCUT2D eigenvalue weighted by atomic mass is 10.2. The number of unbranched alkanes of at least 4 members (excludes halogenated alkanes) is 1. The van der Waals surface area contributed by atoms with Crippen molar-refractivity contribution in [3.8, 4) is 0 Å². The Morgan fingerprint density at radius 2 is 2.31 bits per heavy atom. The molecule has 0 bridgehead atoms. The van der Waals surface area contributed by atoms with Gasteiger partial charge in [-0.05, 0) is 38.3 Å². The molecule has 0 aromatic rings. The van der Waals surface area contributed by atoms with Crippen molar-refractivity contribution in [3.63, 3.8) is 0 Å². The van der Waals surface area contributed by atoms with E-state index in [0.717, 1.165) is 25.3 Å². The summed E-state index contributed by atoms with van der Waals surface area (Å²) < 4.78 is 0. The van der Waals surface area contributed by atoms with Crippen molar-refractivity contribution in [1.29, 1.82) is 0 Å². The van der Waals surface area contributed by atoms with Crippen LogP contribution in [0.1, 0.15) is 32.6 Å². The third-order valence-electron chi connectivity index (χ3n) is 2.62. The minimum atomic E-state index is -0.671. The second kappa shape index (κ2) is 5.22. The zero-order valence-electron chi connectivity index (χ0n) is 8.33. The van der Waals surface area contributed by atoms with Crippen molar-refractivity contribution in [1.82, 2.24) is 4.90 Å². The molecule has 0 radical (unpaired) electrons. The van der Waals surface area contributed by atoms with E-state index in [2.05, 4.69) is 11.8 Å². The Balaban J connectivity index is 1.97. The number of likely N-dealkylation sites (tertiary alicyclic amines) is 1. The average molecular weight is 185 g/mol. The SMILES string of the molecule is CC1CCN(CCCCC(=O)O)C1. The molecule has 1 unspecified atom stereocenters. The first kappa shape index (κ1) is 10.5. The highest BCUT2D eigenvalue weighted by atomic mass is 16.4. The molecular formula is C10H19NO2. The third-order valence-corrected chi connectivity index (χ3v) is 2.62. The summed E-state index contributed by atoms with van der Waals surface area (Å²) in [7, 11) is 0. The van der Waals surface area contributed by atoms with Crippen molar-refractivity contribution in [3.05, 3.63) is 0 Å². The topological polar surface area (TPSA) is 40.5 Å². The summed E-state index contributed by atoms with van der Waals surface area (Å²) in [6.45, 7) is 5.76. The second-order valence-electron chi connectivity index (χ2n) is 4.05. The Kier molecular flexibility index (Phi) is 4.22. The molecular weight excluding hydrogens is 166 g/mol. The molecule has 3 heteroatoms. The molecule has 13 heavy (non-hydrogen) atoms. The molecule has 0 amide bonds. The zero-order valence-corrected chi connectivity index (χ0v) is 8.33. The van der Waals surface area contributed by atoms with Gasteiger partial charge in [0.2, 0.25) is 0 Å². The number of hydrogen-bond acceptors (Lipinski definition) is 2. The van der Waals surface area contributed by atoms with Gasteiger partial charge in [-0.25, -0.2) is 0 Å². The maximum Gasteiger partial charge on any atom is 0.303 e. The molecule has 1 atom stereocenters. The van der Waals surface area contributed by atoms with E-state index in [4.69, 9.17) is 5.11 Å². The van der Waals surface area contributed by atoms with Crippen LogP contribution in [-0.4, -0.2) is 35.6 Å². The predicted octanol–water partition coefficient (Wildman–Crippen LogP) is 1.58. The molecule has 0 spiro atoms. The Hall–Kier alpha value is -0.570. The Labute approximate surface area is 79.7 Å². The maximum atomic E-state index is 10.2. The summed E-state index contributed by atoms with van der Waals surface area (Å²) in [5.74, 6) is 0.161. The number of carboxylic acid groups (broad SMARTS) is 1. The standard InChI is InChI=1S/C10H19NO2/c1-9-5-7-11(8-9)6-3-2-4-10(12)13/h9H,2-8H2,1H3,(H,12,13). The molecule has 1 fully saturated rings. The first-order chi connectivity index (χ1) is 6.18. The smallest absolute Gasteiger partial charge is 0.303 e. The molecule has 1 N–H and O–H groups in total. The molecule has 3 nitrogen and oxygen atoms in total. The number of carbonyl (C=O) groups is 1. The van der Waals surface area contributed by atoms with Gasteiger partial charge in [0.15, 0.2) is 0 Å². The lowest BCUT2D eigenvalue weighted by Crippen LogP contribution is -2.21. The number of aliphatic carboxylic acids is 1. The molecule has 76 valence electrons. The fourth-order valence-electron chi connectivity index (χ4n) is 1.84. The van der Waals surface area contributed by atoms with Gasteiger partial charge in [-0.15, -0.1) is 0 Å². The van der Waals surface area contributed by atoms with E-state index in [1.807, 2.05) is 0 Å². The normalized spacial score (nSPS) is 23.6. The lowest BCUT2D eigenvalue weighted by Gasteiger charge is -2.14. The molecule has 1 rings (SSSR count). The van der Waals surface area contributed by atoms with Crippen LogP contribution in [0.25, 0.3) is 0 Å². The Morgan fingerprint density at radius 1 is 1.54 bits per heavy atom. The molecule has 0 aromatic carbocycles. The first-order valence-corrected chi connectivity index (χ1v) is 5.12. The average Bonchev–Trinajstić information content (AvgIpc) is 2.45. The summed E-state index contributed by atoms with van der Waals surface area (Å²) in [6.07, 6.45) is 3.47. The molecule has 0 saturated carbocycles. The molecule has 1 saturated heterocycles. The van der Waals surface area contributed by atoms with Crippen LogP contribution in [0.4, 0.5) is 0 Å². The van der Waals surface area contributed by atoms with Crippen LogP contribution in [0, 0.1) is 5.92 Å². The minimum Gasteiger partial charge on any atom is -0.481 e. The Bertz CT molecular complexity index is 170. The number of nitrogens with zero attached hydrogens (tertiary/aromatic N) is 1. The van der Waals surface area contributed by atoms with Gasteiger partial charge in [0.05, 0.1) is 0 Å². The van der Waals surface area contributed by atoms with E-state index in [0.29, 0.717) is 6.42 Å². The summed E-state index contributed by atoms with van der Waals surface area (Å²) in [4.78, 5) is 12.7. The van der Waals surface area contributed by atoms with Crippen molar-refractivity contribution in [2.24, 2.45) is 5.92 Å². The van der Waals surface area contributed by atoms with Crippen LogP contribution >= 0.6 is 0 Å². The second-order valence-corrected chi connectivity index (χ2v) is 4.05. The predicted molar refractivity (Wildman–Crippen MR) is 51.7 cm³/mol. The largest absolute Gasteiger partial charge is 0.481 e. The molecule has 1 aliphatic heterocycles. The highest BCUT2D eigenvalue weighted by Gasteiger charge is 2.17. The van der Waals surface area contributed by atoms with E-state index < -0.39 is 5.97 Å². The first-order valence-electron chi connectivity index (χ1n) is 5.12. The van der Waals surface area contributed by atoms with Gasteiger partial charge in [0, 0.05) is 13.0 Å². The number of hydrogen-bond donors (Lipinski definition) is 1. The van der Waals surface area contributed by atoms with E-state index in [1.165, 1.54) is 19.5 Å². The van der Waals surface area contributed by atoms with Crippen LogP contribution in [0.2, 0.25) is 0 Å². The zero-order chi connectivity index (χ0) is 9.68. The summed E-state index contributed by atoms with van der Waals surface area (Å²) in [6, 6.07) is 0. The van der Waals surface area contributed by atoms with Crippen molar-refractivity contribution in [2.75, 3.05) is 19.6 Å². The van der Waals surface area contributed by atoms with Crippen LogP contribution in [0.15, 0.2) is 0 Å². The highest BCUT2D eigenvalue weighted by molar-refractivity contribution is 5.66. The van der Waals surface area contributed by atoms with Gasteiger partial charge in [-0.3, -0.25) is 4.79 Å².